The number of ether oxygens (including phenoxy) is 1. The number of hydrogen-bond acceptors (Lipinski definition) is 3. The molecule has 3 rings (SSSR count). The fourth-order valence-electron chi connectivity index (χ4n) is 3.00. The summed E-state index contributed by atoms with van der Waals surface area (Å²) in [5.74, 6) is 0.470. The summed E-state index contributed by atoms with van der Waals surface area (Å²) in [5, 5.41) is 7.01. The van der Waals surface area contributed by atoms with E-state index >= 15 is 0 Å². The van der Waals surface area contributed by atoms with E-state index in [0.29, 0.717) is 23.0 Å². The van der Waals surface area contributed by atoms with Crippen LogP contribution in [-0.2, 0) is 11.3 Å². The molecule has 1 atom stereocenters. The van der Waals surface area contributed by atoms with Gasteiger partial charge in [0.1, 0.15) is 11.8 Å². The molecule has 28 heavy (non-hydrogen) atoms. The standard InChI is InChI=1S/C23H23ClN2O2/c1-16-11-12-21(28-2)20(13-16)26-23(27)22(18-8-4-3-5-9-18)25-15-17-7-6-10-19(24)14-17/h3-14,22,25H,15H2,1-2H3,(H,26,27)/t22-/m0/s1. The highest BCUT2D eigenvalue weighted by molar-refractivity contribution is 6.30. The molecular formula is C23H23ClN2O2. The number of hydrogen-bond donors (Lipinski definition) is 2. The molecule has 1 amide bonds. The Labute approximate surface area is 170 Å². The number of benzene rings is 3. The lowest BCUT2D eigenvalue weighted by molar-refractivity contribution is -0.118. The number of aryl methyl sites for hydroxylation is 1. The minimum absolute atomic E-state index is 0.155. The molecule has 0 fully saturated rings. The van der Waals surface area contributed by atoms with Crippen molar-refractivity contribution in [1.82, 2.24) is 5.32 Å². The molecule has 0 saturated carbocycles. The minimum atomic E-state index is -0.523. The lowest BCUT2D eigenvalue weighted by Gasteiger charge is -2.20. The predicted octanol–water partition coefficient (Wildman–Crippen LogP) is 5.13. The molecule has 0 saturated heterocycles. The van der Waals surface area contributed by atoms with Gasteiger partial charge in [-0.2, -0.15) is 0 Å². The maximum atomic E-state index is 13.1. The first-order chi connectivity index (χ1) is 13.6. The summed E-state index contributed by atoms with van der Waals surface area (Å²) in [6.07, 6.45) is 0. The maximum absolute atomic E-state index is 13.1. The van der Waals surface area contributed by atoms with Crippen molar-refractivity contribution in [3.8, 4) is 5.75 Å². The van der Waals surface area contributed by atoms with Crippen LogP contribution in [0.3, 0.4) is 0 Å². The Balaban J connectivity index is 1.82. The monoisotopic (exact) mass is 394 g/mol. The zero-order valence-corrected chi connectivity index (χ0v) is 16.7. The van der Waals surface area contributed by atoms with Gasteiger partial charge in [0.15, 0.2) is 0 Å². The van der Waals surface area contributed by atoms with Gasteiger partial charge in [-0.05, 0) is 47.9 Å². The van der Waals surface area contributed by atoms with E-state index in [9.17, 15) is 4.79 Å². The van der Waals surface area contributed by atoms with Gasteiger partial charge in [-0.3, -0.25) is 10.1 Å². The van der Waals surface area contributed by atoms with Gasteiger partial charge in [-0.25, -0.2) is 0 Å². The highest BCUT2D eigenvalue weighted by Gasteiger charge is 2.21. The van der Waals surface area contributed by atoms with Gasteiger partial charge in [0.05, 0.1) is 12.8 Å². The summed E-state index contributed by atoms with van der Waals surface area (Å²) in [4.78, 5) is 13.1. The zero-order valence-electron chi connectivity index (χ0n) is 15.9. The van der Waals surface area contributed by atoms with Crippen LogP contribution in [0, 0.1) is 6.92 Å². The lowest BCUT2D eigenvalue weighted by Crippen LogP contribution is -2.32. The second kappa shape index (κ2) is 9.40. The van der Waals surface area contributed by atoms with Gasteiger partial charge >= 0.3 is 0 Å². The number of rotatable bonds is 7. The van der Waals surface area contributed by atoms with Crippen LogP contribution in [0.4, 0.5) is 5.69 Å². The van der Waals surface area contributed by atoms with Crippen LogP contribution >= 0.6 is 11.6 Å². The number of halogens is 1. The molecular weight excluding hydrogens is 372 g/mol. The molecule has 3 aromatic rings. The summed E-state index contributed by atoms with van der Waals surface area (Å²) in [6, 6.07) is 22.4. The third kappa shape index (κ3) is 5.12. The molecule has 0 spiro atoms. The van der Waals surface area contributed by atoms with Crippen LogP contribution in [0.15, 0.2) is 72.8 Å². The van der Waals surface area contributed by atoms with Crippen LogP contribution in [-0.4, -0.2) is 13.0 Å². The summed E-state index contributed by atoms with van der Waals surface area (Å²) >= 11 is 6.07. The van der Waals surface area contributed by atoms with Crippen LogP contribution in [0.2, 0.25) is 5.02 Å². The normalized spacial score (nSPS) is 11.7. The van der Waals surface area contributed by atoms with E-state index < -0.39 is 6.04 Å². The highest BCUT2D eigenvalue weighted by atomic mass is 35.5. The van der Waals surface area contributed by atoms with Gasteiger partial charge in [0.25, 0.3) is 0 Å². The van der Waals surface area contributed by atoms with E-state index in [0.717, 1.165) is 16.7 Å². The molecule has 3 aromatic carbocycles. The third-order valence-corrected chi connectivity index (χ3v) is 4.64. The van der Waals surface area contributed by atoms with E-state index in [2.05, 4.69) is 10.6 Å². The van der Waals surface area contributed by atoms with Crippen molar-refractivity contribution >= 4 is 23.2 Å². The van der Waals surface area contributed by atoms with E-state index in [4.69, 9.17) is 16.3 Å². The number of amides is 1. The van der Waals surface area contributed by atoms with Gasteiger partial charge in [0, 0.05) is 11.6 Å². The smallest absolute Gasteiger partial charge is 0.246 e. The van der Waals surface area contributed by atoms with Crippen molar-refractivity contribution in [2.75, 3.05) is 12.4 Å². The Morgan fingerprint density at radius 1 is 1.04 bits per heavy atom. The predicted molar refractivity (Wildman–Crippen MR) is 114 cm³/mol. The molecule has 0 unspecified atom stereocenters. The van der Waals surface area contributed by atoms with Crippen LogP contribution < -0.4 is 15.4 Å². The van der Waals surface area contributed by atoms with Crippen molar-refractivity contribution in [2.24, 2.45) is 0 Å². The average molecular weight is 395 g/mol. The number of carbonyl (C=O) groups excluding carboxylic acids is 1. The number of carbonyl (C=O) groups is 1. The fourth-order valence-corrected chi connectivity index (χ4v) is 3.21. The van der Waals surface area contributed by atoms with Crippen LogP contribution in [0.25, 0.3) is 0 Å². The first-order valence-corrected chi connectivity index (χ1v) is 9.43. The summed E-state index contributed by atoms with van der Waals surface area (Å²) in [7, 11) is 1.59. The average Bonchev–Trinajstić information content (AvgIpc) is 2.69. The van der Waals surface area contributed by atoms with Crippen molar-refractivity contribution < 1.29 is 9.53 Å². The third-order valence-electron chi connectivity index (χ3n) is 4.41. The molecule has 0 aliphatic heterocycles. The van der Waals surface area contributed by atoms with Crippen molar-refractivity contribution in [3.63, 3.8) is 0 Å². The Hall–Kier alpha value is -2.82. The second-order valence-corrected chi connectivity index (χ2v) is 6.98. The Kier molecular flexibility index (Phi) is 6.69. The van der Waals surface area contributed by atoms with Crippen molar-refractivity contribution in [1.29, 1.82) is 0 Å². The quantitative estimate of drug-likeness (QED) is 0.584. The molecule has 144 valence electrons. The Morgan fingerprint density at radius 3 is 2.54 bits per heavy atom. The maximum Gasteiger partial charge on any atom is 0.246 e. The van der Waals surface area contributed by atoms with Crippen LogP contribution in [0.1, 0.15) is 22.7 Å². The Bertz CT molecular complexity index is 944. The molecule has 0 heterocycles. The molecule has 2 N–H and O–H groups in total. The first kappa shape index (κ1) is 19.9. The minimum Gasteiger partial charge on any atom is -0.495 e. The summed E-state index contributed by atoms with van der Waals surface area (Å²) in [5.41, 5.74) is 3.58. The number of methoxy groups -OCH3 is 1. The van der Waals surface area contributed by atoms with E-state index in [1.807, 2.05) is 79.7 Å². The van der Waals surface area contributed by atoms with E-state index in [1.165, 1.54) is 0 Å². The van der Waals surface area contributed by atoms with Gasteiger partial charge < -0.3 is 10.1 Å². The van der Waals surface area contributed by atoms with E-state index in [1.54, 1.807) is 7.11 Å². The highest BCUT2D eigenvalue weighted by Crippen LogP contribution is 2.27. The van der Waals surface area contributed by atoms with Crippen LogP contribution in [0.5, 0.6) is 5.75 Å². The van der Waals surface area contributed by atoms with Gasteiger partial charge in [-0.15, -0.1) is 0 Å². The SMILES string of the molecule is COc1ccc(C)cc1NC(=O)[C@@H](NCc1cccc(Cl)c1)c1ccccc1. The summed E-state index contributed by atoms with van der Waals surface area (Å²) in [6.45, 7) is 2.49. The fraction of sp³-hybridized carbons (Fsp3) is 0.174. The molecule has 0 aliphatic carbocycles. The topological polar surface area (TPSA) is 50.4 Å². The molecule has 4 nitrogen and oxygen atoms in total. The molecule has 0 bridgehead atoms. The molecule has 0 radical (unpaired) electrons. The first-order valence-electron chi connectivity index (χ1n) is 9.05. The molecule has 5 heteroatoms. The van der Waals surface area contributed by atoms with E-state index in [-0.39, 0.29) is 5.91 Å². The molecule has 0 aromatic heterocycles. The van der Waals surface area contributed by atoms with Gasteiger partial charge in [-0.1, -0.05) is 60.1 Å². The molecule has 0 aliphatic rings. The number of nitrogens with one attached hydrogen (secondary N) is 2. The second-order valence-electron chi connectivity index (χ2n) is 6.55. The zero-order chi connectivity index (χ0) is 19.9. The Morgan fingerprint density at radius 2 is 1.82 bits per heavy atom. The van der Waals surface area contributed by atoms with Gasteiger partial charge in [0.2, 0.25) is 5.91 Å². The van der Waals surface area contributed by atoms with Crippen molar-refractivity contribution in [2.45, 2.75) is 19.5 Å². The lowest BCUT2D eigenvalue weighted by atomic mass is 10.1. The largest absolute Gasteiger partial charge is 0.495 e. The summed E-state index contributed by atoms with van der Waals surface area (Å²) < 4.78 is 5.38. The van der Waals surface area contributed by atoms with Crippen molar-refractivity contribution in [3.05, 3.63) is 94.5 Å². The number of anilines is 1.